The van der Waals surface area contributed by atoms with Crippen LogP contribution in [0.3, 0.4) is 0 Å². The number of rotatable bonds is 0. The average Bonchev–Trinajstić information content (AvgIpc) is 1.87. The Kier molecular flexibility index (Phi) is 3.93. The van der Waals surface area contributed by atoms with E-state index in [-0.39, 0.29) is 28.3 Å². The maximum absolute atomic E-state index is 10.2. The number of thioether (sulfide) groups is 1. The van der Waals surface area contributed by atoms with E-state index in [1.54, 1.807) is 0 Å². The Bertz CT molecular complexity index is 112. The topological polar surface area (TPSA) is 31.2 Å². The van der Waals surface area contributed by atoms with Gasteiger partial charge in [-0.1, -0.05) is 12.2 Å². The second-order valence-corrected chi connectivity index (χ2v) is 2.67. The van der Waals surface area contributed by atoms with Gasteiger partial charge < -0.3 is 10.1 Å². The summed E-state index contributed by atoms with van der Waals surface area (Å²) in [6.07, 6.45) is 0. The number of nitrogens with zero attached hydrogens (tertiary/aromatic N) is 1. The predicted molar refractivity (Wildman–Crippen MR) is 33.4 cm³/mol. The number of hydrogen-bond acceptors (Lipinski definition) is 3. The minimum atomic E-state index is -0.102. The molecule has 1 fully saturated rings. The third-order valence-electron chi connectivity index (χ3n) is 0.535. The Morgan fingerprint density at radius 2 is 2.38 bits per heavy atom. The fraction of sp³-hybridized carbons (Fsp3) is 0.333. The third-order valence-corrected chi connectivity index (χ3v) is 1.71. The molecule has 1 amide bonds. The number of thiocarbonyl (C=S) groups is 1. The van der Waals surface area contributed by atoms with E-state index < -0.39 is 0 Å². The zero-order valence-corrected chi connectivity index (χ0v) is 7.48. The molecule has 0 atom stereocenters. The first-order valence-electron chi connectivity index (χ1n) is 1.70. The smallest absolute Gasteiger partial charge is 0.611 e. The first kappa shape index (κ1) is 8.65. The van der Waals surface area contributed by atoms with Gasteiger partial charge in [-0.2, -0.15) is 0 Å². The molecule has 0 aromatic carbocycles. The Morgan fingerprint density at radius 1 is 1.75 bits per heavy atom. The van der Waals surface area contributed by atoms with E-state index in [1.165, 1.54) is 11.8 Å². The normalized spacial score (nSPS) is 17.5. The molecule has 8 heavy (non-hydrogen) atoms. The van der Waals surface area contributed by atoms with Crippen molar-refractivity contribution in [1.29, 1.82) is 0 Å². The van der Waals surface area contributed by atoms with Crippen molar-refractivity contribution in [2.75, 3.05) is 5.75 Å². The quantitative estimate of drug-likeness (QED) is 0.489. The van der Waals surface area contributed by atoms with Crippen LogP contribution >= 0.6 is 24.0 Å². The molecule has 0 bridgehead atoms. The van der Waals surface area contributed by atoms with Gasteiger partial charge in [0, 0.05) is 5.75 Å². The summed E-state index contributed by atoms with van der Waals surface area (Å²) < 4.78 is 0.477. The van der Waals surface area contributed by atoms with Crippen LogP contribution in [0.25, 0.3) is 5.32 Å². The first-order chi connectivity index (χ1) is 3.29. The summed E-state index contributed by atoms with van der Waals surface area (Å²) in [5, 5.41) is 3.44. The van der Waals surface area contributed by atoms with E-state index in [4.69, 9.17) is 0 Å². The van der Waals surface area contributed by atoms with Gasteiger partial charge >= 0.3 is 22.4 Å². The molecule has 48 valence electrons. The number of carbonyl (C=O) groups excluding carboxylic acids is 1. The molecular formula is C3H2AuNOS2. The van der Waals surface area contributed by atoms with Crippen LogP contribution in [0.5, 0.6) is 0 Å². The van der Waals surface area contributed by atoms with Crippen molar-refractivity contribution in [1.82, 2.24) is 0 Å². The Morgan fingerprint density at radius 3 is 2.50 bits per heavy atom. The summed E-state index contributed by atoms with van der Waals surface area (Å²) in [4.78, 5) is 10.2. The molecule has 0 spiro atoms. The van der Waals surface area contributed by atoms with Gasteiger partial charge in [0.05, 0.1) is 5.91 Å². The molecule has 0 unspecified atom stereocenters. The Hall–Kier alpha value is 0.650. The number of amides is 1. The third kappa shape index (κ3) is 2.28. The van der Waals surface area contributed by atoms with E-state index >= 15 is 0 Å². The molecule has 1 heterocycles. The standard InChI is InChI=1S/C3H3NOS2.Au/c5-2-1-7-3(6)4-2;/h1H2,(H,4,5,6);/q;+1/p-1. The molecule has 0 aromatic rings. The van der Waals surface area contributed by atoms with Crippen LogP contribution in [0.4, 0.5) is 0 Å². The van der Waals surface area contributed by atoms with Gasteiger partial charge in [-0.3, -0.25) is 0 Å². The van der Waals surface area contributed by atoms with E-state index in [1.807, 2.05) is 0 Å². The van der Waals surface area contributed by atoms with Gasteiger partial charge in [0.1, 0.15) is 0 Å². The molecule has 0 saturated carbocycles. The summed E-state index contributed by atoms with van der Waals surface area (Å²) in [5.74, 6) is 0.341. The average molecular weight is 329 g/mol. The van der Waals surface area contributed by atoms with Crippen LogP contribution in [0.15, 0.2) is 0 Å². The Labute approximate surface area is 72.3 Å². The van der Waals surface area contributed by atoms with Crippen LogP contribution in [0.1, 0.15) is 0 Å². The van der Waals surface area contributed by atoms with Gasteiger partial charge in [0.25, 0.3) is 0 Å². The van der Waals surface area contributed by atoms with Crippen molar-refractivity contribution < 1.29 is 27.2 Å². The summed E-state index contributed by atoms with van der Waals surface area (Å²) in [7, 11) is 0. The second-order valence-electron chi connectivity index (χ2n) is 1.06. The molecule has 2 nitrogen and oxygen atoms in total. The van der Waals surface area contributed by atoms with Crippen molar-refractivity contribution in [2.45, 2.75) is 0 Å². The van der Waals surface area contributed by atoms with Crippen LogP contribution in [-0.4, -0.2) is 16.0 Å². The maximum atomic E-state index is 10.2. The summed E-state index contributed by atoms with van der Waals surface area (Å²) in [6.45, 7) is 0. The fourth-order valence-corrected chi connectivity index (χ4v) is 1.05. The predicted octanol–water partition coefficient (Wildman–Crippen LogP) is 0.916. The van der Waals surface area contributed by atoms with E-state index in [0.29, 0.717) is 10.1 Å². The second kappa shape index (κ2) is 3.63. The van der Waals surface area contributed by atoms with Crippen molar-refractivity contribution in [3.8, 4) is 0 Å². The van der Waals surface area contributed by atoms with Crippen LogP contribution in [0.2, 0.25) is 0 Å². The molecule has 1 saturated heterocycles. The minimum Gasteiger partial charge on any atom is -0.611 e. The fourth-order valence-electron chi connectivity index (χ4n) is 0.290. The van der Waals surface area contributed by atoms with Crippen LogP contribution in [0, 0.1) is 0 Å². The van der Waals surface area contributed by atoms with Crippen molar-refractivity contribution in [2.24, 2.45) is 0 Å². The molecule has 1 aliphatic heterocycles. The molecule has 0 N–H and O–H groups in total. The van der Waals surface area contributed by atoms with Gasteiger partial charge in [-0.25, -0.2) is 0 Å². The Balaban J connectivity index is 0.000000490. The number of carbonyl (C=O) groups is 1. The van der Waals surface area contributed by atoms with E-state index in [2.05, 4.69) is 17.5 Å². The van der Waals surface area contributed by atoms with Crippen LogP contribution in [-0.2, 0) is 27.2 Å². The zero-order chi connectivity index (χ0) is 5.28. The van der Waals surface area contributed by atoms with Crippen molar-refractivity contribution in [3.05, 3.63) is 5.32 Å². The molecule has 1 rings (SSSR count). The van der Waals surface area contributed by atoms with Gasteiger partial charge in [0.2, 0.25) is 0 Å². The van der Waals surface area contributed by atoms with Gasteiger partial charge in [-0.05, 0) is 4.32 Å². The van der Waals surface area contributed by atoms with Gasteiger partial charge in [-0.15, -0.1) is 11.8 Å². The number of hydrogen-bond donors (Lipinski definition) is 0. The maximum Gasteiger partial charge on any atom is 1.00 e. The van der Waals surface area contributed by atoms with E-state index in [0.717, 1.165) is 0 Å². The molecule has 0 radical (unpaired) electrons. The molecule has 0 aliphatic carbocycles. The van der Waals surface area contributed by atoms with Gasteiger partial charge in [0.15, 0.2) is 0 Å². The van der Waals surface area contributed by atoms with Crippen LogP contribution < -0.4 is 0 Å². The molecule has 1 aliphatic rings. The van der Waals surface area contributed by atoms with E-state index in [9.17, 15) is 4.79 Å². The zero-order valence-electron chi connectivity index (χ0n) is 3.68. The van der Waals surface area contributed by atoms with Crippen molar-refractivity contribution in [3.63, 3.8) is 0 Å². The molecule has 0 aromatic heterocycles. The minimum absolute atomic E-state index is 0. The summed E-state index contributed by atoms with van der Waals surface area (Å²) in [5.41, 5.74) is 0. The first-order valence-corrected chi connectivity index (χ1v) is 3.10. The monoisotopic (exact) mass is 329 g/mol. The SMILES string of the molecule is O=C1CSC(=S)[N-]1.[Au+]. The van der Waals surface area contributed by atoms with Crippen molar-refractivity contribution >= 4 is 34.2 Å². The summed E-state index contributed by atoms with van der Waals surface area (Å²) >= 11 is 5.89. The summed E-state index contributed by atoms with van der Waals surface area (Å²) in [6, 6.07) is 0. The molecule has 5 heteroatoms. The molecular weight excluding hydrogens is 327 g/mol. The largest absolute Gasteiger partial charge is 1.00 e.